The molecule has 0 aromatic heterocycles. The second kappa shape index (κ2) is 9.64. The Labute approximate surface area is 116 Å². The number of carbonyl (C=O) groups excluding carboxylic acids is 2. The van der Waals surface area contributed by atoms with Crippen molar-refractivity contribution >= 4 is 12.0 Å². The van der Waals surface area contributed by atoms with Gasteiger partial charge in [0.25, 0.3) is 0 Å². The number of urea groups is 1. The fraction of sp³-hybridized carbons (Fsp3) is 0.857. The van der Waals surface area contributed by atoms with Crippen LogP contribution in [0.3, 0.4) is 0 Å². The molecular weight excluding hydrogens is 244 g/mol. The predicted molar refractivity (Wildman–Crippen MR) is 76.0 cm³/mol. The van der Waals surface area contributed by atoms with Crippen molar-refractivity contribution in [1.82, 2.24) is 10.6 Å². The molecule has 0 rings (SSSR count). The quantitative estimate of drug-likeness (QED) is 0.527. The highest BCUT2D eigenvalue weighted by Gasteiger charge is 2.11. The van der Waals surface area contributed by atoms with Gasteiger partial charge in [0.05, 0.1) is 6.61 Å². The predicted octanol–water partition coefficient (Wildman–Crippen LogP) is 2.46. The van der Waals surface area contributed by atoms with Gasteiger partial charge in [-0.3, -0.25) is 4.79 Å². The summed E-state index contributed by atoms with van der Waals surface area (Å²) < 4.78 is 4.83. The zero-order valence-corrected chi connectivity index (χ0v) is 12.7. The molecule has 2 N–H and O–H groups in total. The van der Waals surface area contributed by atoms with Crippen molar-refractivity contribution in [1.29, 1.82) is 0 Å². The van der Waals surface area contributed by atoms with Crippen LogP contribution in [0, 0.1) is 5.41 Å². The van der Waals surface area contributed by atoms with E-state index in [1.165, 1.54) is 0 Å². The highest BCUT2D eigenvalue weighted by Crippen LogP contribution is 2.09. The van der Waals surface area contributed by atoms with Crippen LogP contribution in [-0.4, -0.2) is 31.7 Å². The summed E-state index contributed by atoms with van der Waals surface area (Å²) in [5.74, 6) is -0.140. The zero-order valence-electron chi connectivity index (χ0n) is 12.7. The number of ether oxygens (including phenoxy) is 1. The minimum Gasteiger partial charge on any atom is -0.466 e. The van der Waals surface area contributed by atoms with Gasteiger partial charge in [0.2, 0.25) is 0 Å². The molecule has 0 aliphatic carbocycles. The number of rotatable bonds is 8. The molecule has 112 valence electrons. The highest BCUT2D eigenvalue weighted by atomic mass is 16.5. The molecule has 0 aromatic rings. The molecule has 0 unspecified atom stereocenters. The molecule has 19 heavy (non-hydrogen) atoms. The average Bonchev–Trinajstić information content (AvgIpc) is 2.30. The highest BCUT2D eigenvalue weighted by molar-refractivity contribution is 5.73. The molecule has 2 amide bonds. The largest absolute Gasteiger partial charge is 0.466 e. The van der Waals surface area contributed by atoms with Gasteiger partial charge in [-0.05, 0) is 25.2 Å². The summed E-state index contributed by atoms with van der Waals surface area (Å²) in [6.07, 6.45) is 3.06. The zero-order chi connectivity index (χ0) is 14.7. The summed E-state index contributed by atoms with van der Waals surface area (Å²) in [4.78, 5) is 22.5. The van der Waals surface area contributed by atoms with Gasteiger partial charge in [-0.1, -0.05) is 27.2 Å². The number of unbranched alkanes of at least 4 members (excludes halogenated alkanes) is 2. The molecule has 0 saturated carbocycles. The lowest BCUT2D eigenvalue weighted by molar-refractivity contribution is -0.143. The lowest BCUT2D eigenvalue weighted by Crippen LogP contribution is -2.40. The van der Waals surface area contributed by atoms with E-state index < -0.39 is 0 Å². The third-order valence-electron chi connectivity index (χ3n) is 2.43. The van der Waals surface area contributed by atoms with Crippen LogP contribution in [0.15, 0.2) is 0 Å². The van der Waals surface area contributed by atoms with Crippen LogP contribution in [0.5, 0.6) is 0 Å². The first kappa shape index (κ1) is 17.7. The molecular formula is C14H28N2O3. The number of hydrogen-bond acceptors (Lipinski definition) is 3. The van der Waals surface area contributed by atoms with Crippen LogP contribution in [0.1, 0.15) is 53.4 Å². The van der Waals surface area contributed by atoms with E-state index >= 15 is 0 Å². The summed E-state index contributed by atoms with van der Waals surface area (Å²) in [6.45, 7) is 9.75. The van der Waals surface area contributed by atoms with Gasteiger partial charge in [0.15, 0.2) is 0 Å². The Morgan fingerprint density at radius 2 is 1.74 bits per heavy atom. The Morgan fingerprint density at radius 1 is 1.05 bits per heavy atom. The van der Waals surface area contributed by atoms with Crippen molar-refractivity contribution in [3.05, 3.63) is 0 Å². The lowest BCUT2D eigenvalue weighted by atomic mass is 9.97. The van der Waals surface area contributed by atoms with E-state index in [4.69, 9.17) is 4.74 Å². The molecule has 0 fully saturated rings. The van der Waals surface area contributed by atoms with Crippen LogP contribution in [0.25, 0.3) is 0 Å². The molecule has 0 aromatic carbocycles. The Kier molecular flexibility index (Phi) is 9.00. The maximum Gasteiger partial charge on any atom is 0.314 e. The Bertz CT molecular complexity index is 272. The molecule has 5 nitrogen and oxygen atoms in total. The summed E-state index contributed by atoms with van der Waals surface area (Å²) in [5.41, 5.74) is 0.0942. The number of hydrogen-bond donors (Lipinski definition) is 2. The molecule has 0 radical (unpaired) electrons. The van der Waals surface area contributed by atoms with Crippen LogP contribution in [0.4, 0.5) is 4.79 Å². The number of esters is 1. The first-order chi connectivity index (χ1) is 8.85. The molecule has 0 bridgehead atoms. The van der Waals surface area contributed by atoms with Crippen molar-refractivity contribution in [2.45, 2.75) is 53.4 Å². The van der Waals surface area contributed by atoms with Crippen molar-refractivity contribution in [2.24, 2.45) is 5.41 Å². The van der Waals surface area contributed by atoms with Gasteiger partial charge in [-0.2, -0.15) is 0 Å². The number of amides is 2. The molecule has 0 saturated heterocycles. The van der Waals surface area contributed by atoms with E-state index in [9.17, 15) is 9.59 Å². The van der Waals surface area contributed by atoms with Gasteiger partial charge < -0.3 is 15.4 Å². The van der Waals surface area contributed by atoms with Gasteiger partial charge in [-0.15, -0.1) is 0 Å². The molecule has 0 spiro atoms. The van der Waals surface area contributed by atoms with E-state index in [2.05, 4.69) is 31.4 Å². The average molecular weight is 272 g/mol. The fourth-order valence-corrected chi connectivity index (χ4v) is 1.41. The Hall–Kier alpha value is -1.26. The van der Waals surface area contributed by atoms with E-state index in [0.29, 0.717) is 26.1 Å². The van der Waals surface area contributed by atoms with Crippen LogP contribution in [-0.2, 0) is 9.53 Å². The second-order valence-corrected chi connectivity index (χ2v) is 5.79. The maximum atomic E-state index is 11.4. The third kappa shape index (κ3) is 13.0. The second-order valence-electron chi connectivity index (χ2n) is 5.79. The van der Waals surface area contributed by atoms with Crippen LogP contribution in [0.2, 0.25) is 0 Å². The molecule has 0 aliphatic rings. The number of nitrogens with one attached hydrogen (secondary N) is 2. The van der Waals surface area contributed by atoms with E-state index in [1.54, 1.807) is 6.92 Å². The SMILES string of the molecule is CCOC(=O)CCCCCNC(=O)NCC(C)(C)C. The van der Waals surface area contributed by atoms with Gasteiger partial charge in [-0.25, -0.2) is 4.79 Å². The first-order valence-electron chi connectivity index (χ1n) is 7.02. The summed E-state index contributed by atoms with van der Waals surface area (Å²) in [6, 6.07) is -0.125. The molecule has 5 heteroatoms. The monoisotopic (exact) mass is 272 g/mol. The van der Waals surface area contributed by atoms with Gasteiger partial charge in [0.1, 0.15) is 0 Å². The van der Waals surface area contributed by atoms with E-state index in [0.717, 1.165) is 19.3 Å². The standard InChI is InChI=1S/C14H28N2O3/c1-5-19-12(17)9-7-6-8-10-15-13(18)16-11-14(2,3)4/h5-11H2,1-4H3,(H2,15,16,18). The van der Waals surface area contributed by atoms with Crippen molar-refractivity contribution in [2.75, 3.05) is 19.7 Å². The third-order valence-corrected chi connectivity index (χ3v) is 2.43. The Morgan fingerprint density at radius 3 is 2.32 bits per heavy atom. The van der Waals surface area contributed by atoms with Crippen molar-refractivity contribution < 1.29 is 14.3 Å². The van der Waals surface area contributed by atoms with E-state index in [-0.39, 0.29) is 17.4 Å². The van der Waals surface area contributed by atoms with Gasteiger partial charge in [0, 0.05) is 19.5 Å². The summed E-state index contributed by atoms with van der Waals surface area (Å²) >= 11 is 0. The van der Waals surface area contributed by atoms with Crippen molar-refractivity contribution in [3.63, 3.8) is 0 Å². The first-order valence-corrected chi connectivity index (χ1v) is 7.02. The fourth-order valence-electron chi connectivity index (χ4n) is 1.41. The summed E-state index contributed by atoms with van der Waals surface area (Å²) in [5, 5.41) is 5.63. The van der Waals surface area contributed by atoms with Crippen molar-refractivity contribution in [3.8, 4) is 0 Å². The smallest absolute Gasteiger partial charge is 0.314 e. The minimum atomic E-state index is -0.140. The number of carbonyl (C=O) groups is 2. The topological polar surface area (TPSA) is 67.4 Å². The molecule has 0 heterocycles. The normalized spacial score (nSPS) is 10.9. The van der Waals surface area contributed by atoms with Crippen LogP contribution < -0.4 is 10.6 Å². The molecule has 0 aliphatic heterocycles. The summed E-state index contributed by atoms with van der Waals surface area (Å²) in [7, 11) is 0. The maximum absolute atomic E-state index is 11.4. The van der Waals surface area contributed by atoms with Gasteiger partial charge >= 0.3 is 12.0 Å². The minimum absolute atomic E-state index is 0.0942. The molecule has 0 atom stereocenters. The Balaban J connectivity index is 3.39. The van der Waals surface area contributed by atoms with E-state index in [1.807, 2.05) is 0 Å². The van der Waals surface area contributed by atoms with Crippen LogP contribution >= 0.6 is 0 Å². The lowest BCUT2D eigenvalue weighted by Gasteiger charge is -2.18.